The van der Waals surface area contributed by atoms with Crippen molar-refractivity contribution in [2.24, 2.45) is 0 Å². The van der Waals surface area contributed by atoms with Crippen molar-refractivity contribution in [3.05, 3.63) is 29.3 Å². The second-order valence-corrected chi connectivity index (χ2v) is 8.31. The molecule has 0 aromatic heterocycles. The maximum absolute atomic E-state index is 12.4. The zero-order valence-electron chi connectivity index (χ0n) is 15.1. The summed E-state index contributed by atoms with van der Waals surface area (Å²) in [4.78, 5) is 37.8. The lowest BCUT2D eigenvalue weighted by molar-refractivity contribution is -0.139. The molecule has 8 heteroatoms. The minimum Gasteiger partial charge on any atom is -0.483 e. The summed E-state index contributed by atoms with van der Waals surface area (Å²) in [6.45, 7) is 5.59. The Kier molecular flexibility index (Phi) is 5.13. The molecule has 26 heavy (non-hydrogen) atoms. The Morgan fingerprint density at radius 3 is 2.69 bits per heavy atom. The molecule has 2 heterocycles. The Hall–Kier alpha value is -2.22. The monoisotopic (exact) mass is 377 g/mol. The Morgan fingerprint density at radius 2 is 2.00 bits per heavy atom. The highest BCUT2D eigenvalue weighted by Crippen LogP contribution is 2.47. The van der Waals surface area contributed by atoms with Crippen LogP contribution < -0.4 is 15.6 Å². The molecule has 140 valence electrons. The molecular formula is C18H23N3O4S. The maximum atomic E-state index is 12.4. The number of ether oxygens (including phenoxy) is 1. The van der Waals surface area contributed by atoms with E-state index in [2.05, 4.69) is 10.9 Å². The fourth-order valence-corrected chi connectivity index (χ4v) is 4.86. The van der Waals surface area contributed by atoms with E-state index in [1.54, 1.807) is 16.7 Å². The fraction of sp³-hybridized carbons (Fsp3) is 0.500. The minimum absolute atomic E-state index is 0.0117. The molecule has 0 aliphatic carbocycles. The average molecular weight is 377 g/mol. The van der Waals surface area contributed by atoms with Crippen LogP contribution in [0.25, 0.3) is 0 Å². The standard InChI is InChI=1S/C18H23N3O4S/c1-11-5-4-6-12(2)16(11)25-9-14(22)19-20-17(24)13-10-26-18(3)8-7-15(23)21(13)18/h4-6,13H,7-10H2,1-3H3,(H,19,22)(H,20,24)/t13-,18+/m0/s1. The van der Waals surface area contributed by atoms with Crippen molar-refractivity contribution < 1.29 is 19.1 Å². The van der Waals surface area contributed by atoms with Gasteiger partial charge in [-0.3, -0.25) is 25.2 Å². The average Bonchev–Trinajstić information content (AvgIpc) is 3.08. The van der Waals surface area contributed by atoms with Gasteiger partial charge < -0.3 is 9.64 Å². The third-order valence-electron chi connectivity index (χ3n) is 4.83. The molecule has 1 aromatic carbocycles. The lowest BCUT2D eigenvalue weighted by atomic mass is 10.1. The van der Waals surface area contributed by atoms with Gasteiger partial charge in [-0.05, 0) is 38.3 Å². The van der Waals surface area contributed by atoms with Crippen molar-refractivity contribution >= 4 is 29.5 Å². The smallest absolute Gasteiger partial charge is 0.276 e. The van der Waals surface area contributed by atoms with Crippen molar-refractivity contribution in [1.82, 2.24) is 15.8 Å². The number of fused-ring (bicyclic) bond motifs is 1. The lowest BCUT2D eigenvalue weighted by Crippen LogP contribution is -2.54. The second-order valence-electron chi connectivity index (χ2n) is 6.81. The number of aryl methyl sites for hydroxylation is 2. The van der Waals surface area contributed by atoms with Gasteiger partial charge in [-0.15, -0.1) is 11.8 Å². The van der Waals surface area contributed by atoms with E-state index in [1.165, 1.54) is 0 Å². The highest BCUT2D eigenvalue weighted by atomic mass is 32.2. The van der Waals surface area contributed by atoms with E-state index in [9.17, 15) is 14.4 Å². The molecule has 3 amide bonds. The van der Waals surface area contributed by atoms with E-state index in [-0.39, 0.29) is 23.3 Å². The van der Waals surface area contributed by atoms with Gasteiger partial charge in [-0.25, -0.2) is 0 Å². The van der Waals surface area contributed by atoms with E-state index < -0.39 is 11.9 Å². The third-order valence-corrected chi connectivity index (χ3v) is 6.33. The number of para-hydroxylation sites is 1. The summed E-state index contributed by atoms with van der Waals surface area (Å²) < 4.78 is 5.56. The van der Waals surface area contributed by atoms with Crippen molar-refractivity contribution in [1.29, 1.82) is 0 Å². The van der Waals surface area contributed by atoms with Gasteiger partial charge in [0.1, 0.15) is 11.8 Å². The number of amides is 3. The zero-order chi connectivity index (χ0) is 18.9. The van der Waals surface area contributed by atoms with Crippen molar-refractivity contribution in [3.8, 4) is 5.75 Å². The highest BCUT2D eigenvalue weighted by molar-refractivity contribution is 8.01. The molecule has 0 spiro atoms. The third kappa shape index (κ3) is 3.51. The number of thioether (sulfide) groups is 1. The number of benzene rings is 1. The predicted octanol–water partition coefficient (Wildman–Crippen LogP) is 1.28. The summed E-state index contributed by atoms with van der Waals surface area (Å²) in [5.41, 5.74) is 6.66. The predicted molar refractivity (Wildman–Crippen MR) is 98.4 cm³/mol. The van der Waals surface area contributed by atoms with E-state index in [1.807, 2.05) is 39.0 Å². The normalized spacial score (nSPS) is 24.3. The van der Waals surface area contributed by atoms with Crippen LogP contribution in [0.15, 0.2) is 18.2 Å². The fourth-order valence-electron chi connectivity index (χ4n) is 3.43. The van der Waals surface area contributed by atoms with Crippen LogP contribution in [0.2, 0.25) is 0 Å². The van der Waals surface area contributed by atoms with E-state index >= 15 is 0 Å². The van der Waals surface area contributed by atoms with Crippen LogP contribution in [-0.2, 0) is 14.4 Å². The number of carbonyl (C=O) groups excluding carboxylic acids is 3. The lowest BCUT2D eigenvalue weighted by Gasteiger charge is -2.29. The van der Waals surface area contributed by atoms with Crippen molar-refractivity contribution in [2.75, 3.05) is 12.4 Å². The first-order valence-corrected chi connectivity index (χ1v) is 9.54. The number of hydrazine groups is 1. The quantitative estimate of drug-likeness (QED) is 0.772. The number of carbonyl (C=O) groups is 3. The first-order chi connectivity index (χ1) is 12.3. The number of rotatable bonds is 4. The Labute approximate surface area is 156 Å². The van der Waals surface area contributed by atoms with Crippen LogP contribution in [0.5, 0.6) is 5.75 Å². The van der Waals surface area contributed by atoms with Crippen LogP contribution in [-0.4, -0.2) is 45.9 Å². The molecule has 2 atom stereocenters. The van der Waals surface area contributed by atoms with Crippen molar-refractivity contribution in [2.45, 2.75) is 44.5 Å². The van der Waals surface area contributed by atoms with Gasteiger partial charge in [0.2, 0.25) is 5.91 Å². The highest BCUT2D eigenvalue weighted by Gasteiger charge is 2.52. The van der Waals surface area contributed by atoms with Gasteiger partial charge in [0.05, 0.1) is 4.87 Å². The summed E-state index contributed by atoms with van der Waals surface area (Å²) in [5, 5.41) is 0. The molecule has 2 aliphatic heterocycles. The second kappa shape index (κ2) is 7.19. The summed E-state index contributed by atoms with van der Waals surface area (Å²) in [7, 11) is 0. The van der Waals surface area contributed by atoms with Crippen LogP contribution >= 0.6 is 11.8 Å². The first-order valence-electron chi connectivity index (χ1n) is 8.55. The van der Waals surface area contributed by atoms with Gasteiger partial charge in [0.25, 0.3) is 11.8 Å². The number of hydrogen-bond donors (Lipinski definition) is 2. The summed E-state index contributed by atoms with van der Waals surface area (Å²) in [5.74, 6) is 0.351. The summed E-state index contributed by atoms with van der Waals surface area (Å²) >= 11 is 1.61. The van der Waals surface area contributed by atoms with E-state index in [0.29, 0.717) is 17.9 Å². The first kappa shape index (κ1) is 18.6. The van der Waals surface area contributed by atoms with Gasteiger partial charge in [0, 0.05) is 12.2 Å². The maximum Gasteiger partial charge on any atom is 0.276 e. The van der Waals surface area contributed by atoms with E-state index in [0.717, 1.165) is 17.5 Å². The van der Waals surface area contributed by atoms with Crippen LogP contribution in [0.1, 0.15) is 30.9 Å². The molecule has 0 unspecified atom stereocenters. The molecule has 7 nitrogen and oxygen atoms in total. The largest absolute Gasteiger partial charge is 0.483 e. The Bertz CT molecular complexity index is 734. The number of nitrogens with one attached hydrogen (secondary N) is 2. The number of hydrogen-bond acceptors (Lipinski definition) is 5. The van der Waals surface area contributed by atoms with Crippen LogP contribution in [0.4, 0.5) is 0 Å². The van der Waals surface area contributed by atoms with Crippen LogP contribution in [0, 0.1) is 13.8 Å². The summed E-state index contributed by atoms with van der Waals surface area (Å²) in [6.07, 6.45) is 1.21. The Morgan fingerprint density at radius 1 is 1.31 bits per heavy atom. The number of nitrogens with zero attached hydrogens (tertiary/aromatic N) is 1. The molecule has 0 saturated carbocycles. The van der Waals surface area contributed by atoms with Gasteiger partial charge in [0.15, 0.2) is 6.61 Å². The SMILES string of the molecule is Cc1cccc(C)c1OCC(=O)NNC(=O)[C@@H]1CS[C@]2(C)CCC(=O)N12. The molecule has 1 aromatic rings. The molecule has 2 fully saturated rings. The van der Waals surface area contributed by atoms with E-state index in [4.69, 9.17) is 4.74 Å². The topological polar surface area (TPSA) is 87.7 Å². The molecule has 2 aliphatic rings. The molecule has 3 rings (SSSR count). The van der Waals surface area contributed by atoms with Crippen molar-refractivity contribution in [3.63, 3.8) is 0 Å². The molecular weight excluding hydrogens is 354 g/mol. The van der Waals surface area contributed by atoms with Crippen LogP contribution in [0.3, 0.4) is 0 Å². The molecule has 2 N–H and O–H groups in total. The molecule has 0 bridgehead atoms. The van der Waals surface area contributed by atoms with Gasteiger partial charge in [-0.2, -0.15) is 0 Å². The summed E-state index contributed by atoms with van der Waals surface area (Å²) in [6, 6.07) is 5.18. The van der Waals surface area contributed by atoms with Gasteiger partial charge in [-0.1, -0.05) is 18.2 Å². The zero-order valence-corrected chi connectivity index (χ0v) is 15.9. The minimum atomic E-state index is -0.556. The van der Waals surface area contributed by atoms with Gasteiger partial charge >= 0.3 is 0 Å². The Balaban J connectivity index is 1.50. The molecule has 0 radical (unpaired) electrons. The molecule has 2 saturated heterocycles.